The number of halogens is 6. The first-order valence-electron chi connectivity index (χ1n) is 7.68. The Kier molecular flexibility index (Phi) is 6.69. The van der Waals surface area contributed by atoms with Gasteiger partial charge in [-0.05, 0) is 25.1 Å². The fraction of sp³-hybridized carbons (Fsp3) is 0.267. The molecular weight excluding hydrogens is 479 g/mol. The Hall–Kier alpha value is -2.38. The number of nitrogens with zero attached hydrogens (tertiary/aromatic N) is 3. The van der Waals surface area contributed by atoms with E-state index in [2.05, 4.69) is 9.97 Å². The molecule has 0 aliphatic carbocycles. The van der Waals surface area contributed by atoms with Gasteiger partial charge in [0.1, 0.15) is 12.2 Å². The van der Waals surface area contributed by atoms with Gasteiger partial charge in [-0.3, -0.25) is 4.79 Å². The van der Waals surface area contributed by atoms with Crippen LogP contribution in [0.3, 0.4) is 0 Å². The third-order valence-corrected chi connectivity index (χ3v) is 5.67. The molecule has 0 fully saturated rings. The van der Waals surface area contributed by atoms with Gasteiger partial charge >= 0.3 is 15.5 Å². The molecule has 0 unspecified atom stereocenters. The number of carbonyl (C=O) groups is 1. The molecule has 30 heavy (non-hydrogen) atoms. The fourth-order valence-electron chi connectivity index (χ4n) is 2.20. The highest BCUT2D eigenvalue weighted by atomic mass is 35.5. The van der Waals surface area contributed by atoms with Gasteiger partial charge in [0.15, 0.2) is 16.6 Å². The Bertz CT molecular complexity index is 1070. The number of ether oxygens (including phenoxy) is 1. The fourth-order valence-corrected chi connectivity index (χ4v) is 3.87. The average Bonchev–Trinajstić information content (AvgIpc) is 2.61. The van der Waals surface area contributed by atoms with E-state index < -0.39 is 54.9 Å². The molecule has 1 atom stereocenters. The predicted molar refractivity (Wildman–Crippen MR) is 99.2 cm³/mol. The summed E-state index contributed by atoms with van der Waals surface area (Å²) in [6.07, 6.45) is 1.91. The van der Waals surface area contributed by atoms with Gasteiger partial charge in [0.25, 0.3) is 5.91 Å². The van der Waals surface area contributed by atoms with Gasteiger partial charge in [0, 0.05) is 12.4 Å². The molecule has 0 bridgehead atoms. The number of sulfonamides is 1. The van der Waals surface area contributed by atoms with Crippen LogP contribution in [0.5, 0.6) is 5.88 Å². The molecule has 164 valence electrons. The third kappa shape index (κ3) is 4.84. The monoisotopic (exact) mass is 490 g/mol. The second-order valence-electron chi connectivity index (χ2n) is 5.83. The first-order chi connectivity index (χ1) is 13.7. The van der Waals surface area contributed by atoms with Crippen molar-refractivity contribution in [1.82, 2.24) is 9.97 Å². The van der Waals surface area contributed by atoms with E-state index in [9.17, 15) is 30.8 Å². The zero-order valence-electron chi connectivity index (χ0n) is 14.8. The van der Waals surface area contributed by atoms with E-state index in [0.717, 1.165) is 13.1 Å². The van der Waals surface area contributed by atoms with E-state index in [1.54, 1.807) is 0 Å². The largest absolute Gasteiger partial charge is 0.516 e. The van der Waals surface area contributed by atoms with Crippen molar-refractivity contribution in [2.75, 3.05) is 10.9 Å². The third-order valence-electron chi connectivity index (χ3n) is 3.45. The second kappa shape index (κ2) is 8.40. The van der Waals surface area contributed by atoms with E-state index >= 15 is 0 Å². The van der Waals surface area contributed by atoms with Crippen LogP contribution in [0.1, 0.15) is 17.3 Å². The van der Waals surface area contributed by atoms with Crippen LogP contribution in [0.15, 0.2) is 30.6 Å². The number of amides is 1. The highest BCUT2D eigenvalue weighted by molar-refractivity contribution is 7.93. The summed E-state index contributed by atoms with van der Waals surface area (Å²) < 4.78 is 83.1. The average molecular weight is 491 g/mol. The first kappa shape index (κ1) is 23.9. The molecule has 0 saturated carbocycles. The molecule has 0 aromatic carbocycles. The van der Waals surface area contributed by atoms with Crippen LogP contribution in [0.4, 0.5) is 23.4 Å². The number of primary amides is 1. The first-order valence-corrected chi connectivity index (χ1v) is 9.87. The lowest BCUT2D eigenvalue weighted by molar-refractivity contribution is -0.0442. The van der Waals surface area contributed by atoms with Gasteiger partial charge in [0.2, 0.25) is 5.88 Å². The number of rotatable bonds is 7. The molecule has 0 aliphatic heterocycles. The Labute approximate surface area is 177 Å². The Morgan fingerprint density at radius 2 is 1.97 bits per heavy atom. The van der Waals surface area contributed by atoms with Crippen molar-refractivity contribution >= 4 is 45.0 Å². The number of aromatic nitrogens is 2. The van der Waals surface area contributed by atoms with Crippen LogP contribution in [0, 0.1) is 5.82 Å². The number of hydrogen-bond donors (Lipinski definition) is 1. The van der Waals surface area contributed by atoms with Gasteiger partial charge in [-0.15, -0.1) is 0 Å². The number of pyridine rings is 2. The minimum absolute atomic E-state index is 0.244. The van der Waals surface area contributed by atoms with Crippen molar-refractivity contribution in [3.05, 3.63) is 47.0 Å². The molecule has 0 saturated heterocycles. The molecule has 2 rings (SSSR count). The number of hydrogen-bond acceptors (Lipinski definition) is 6. The molecule has 1 amide bonds. The molecule has 8 nitrogen and oxygen atoms in total. The normalized spacial score (nSPS) is 14.1. The van der Waals surface area contributed by atoms with Gasteiger partial charge in [0.05, 0.1) is 5.02 Å². The van der Waals surface area contributed by atoms with Crippen molar-refractivity contribution in [2.45, 2.75) is 17.4 Å². The van der Waals surface area contributed by atoms with E-state index in [1.807, 2.05) is 0 Å². The second-order valence-corrected chi connectivity index (χ2v) is 8.85. The van der Waals surface area contributed by atoms with Crippen LogP contribution in [0.2, 0.25) is 5.02 Å². The van der Waals surface area contributed by atoms with Crippen LogP contribution in [-0.2, 0) is 10.0 Å². The summed E-state index contributed by atoms with van der Waals surface area (Å²) in [5.41, 5.74) is -0.959. The maximum Gasteiger partial charge on any atom is 0.516 e. The minimum atomic E-state index is -6.25. The highest BCUT2D eigenvalue weighted by Gasteiger charge is 2.56. The smallest absolute Gasteiger partial charge is 0.473 e. The van der Waals surface area contributed by atoms with Crippen molar-refractivity contribution in [1.29, 1.82) is 0 Å². The molecular formula is C15H12Cl2F4N4O4S. The molecule has 2 aromatic heterocycles. The molecule has 0 radical (unpaired) electrons. The summed E-state index contributed by atoms with van der Waals surface area (Å²) in [5, 5.41) is -0.298. The predicted octanol–water partition coefficient (Wildman–Crippen LogP) is 3.06. The van der Waals surface area contributed by atoms with E-state index in [0.29, 0.717) is 6.07 Å². The molecule has 0 aliphatic rings. The molecule has 0 spiro atoms. The zero-order chi connectivity index (χ0) is 22.9. The summed E-state index contributed by atoms with van der Waals surface area (Å²) in [6.45, 7) is -0.203. The summed E-state index contributed by atoms with van der Waals surface area (Å²) in [6, 6.07) is 3.10. The molecule has 2 N–H and O–H groups in total. The van der Waals surface area contributed by atoms with Gasteiger partial charge < -0.3 is 10.5 Å². The van der Waals surface area contributed by atoms with Crippen LogP contribution in [0.25, 0.3) is 0 Å². The number of anilines is 1. The highest BCUT2D eigenvalue weighted by Crippen LogP contribution is 2.39. The van der Waals surface area contributed by atoms with Crippen molar-refractivity contribution < 1.29 is 35.5 Å². The van der Waals surface area contributed by atoms with Crippen molar-refractivity contribution in [3.8, 4) is 5.88 Å². The SMILES string of the molecule is C[C@](Cl)(COc1ncccc1C(N)=O)N(c1ncc(Cl)cc1F)S(=O)(=O)C(F)(F)F. The molecule has 2 aromatic rings. The standard InChI is InChI=1S/C15H12Cl2F4N4O4S/c1-14(17,7-29-13-9(11(22)26)3-2-4-23-13)25(30(27,28)15(19,20)21)12-10(18)5-8(16)6-24-12/h2-6H,7H2,1H3,(H2,22,26)/t14-/m1/s1. The lowest BCUT2D eigenvalue weighted by Crippen LogP contribution is -2.54. The van der Waals surface area contributed by atoms with Crippen LogP contribution >= 0.6 is 23.2 Å². The summed E-state index contributed by atoms with van der Waals surface area (Å²) >= 11 is 11.6. The number of alkyl halides is 4. The molecule has 2 heterocycles. The van der Waals surface area contributed by atoms with Crippen LogP contribution < -0.4 is 14.8 Å². The van der Waals surface area contributed by atoms with Gasteiger partial charge in [-0.1, -0.05) is 23.2 Å². The lowest BCUT2D eigenvalue weighted by Gasteiger charge is -2.36. The Morgan fingerprint density at radius 1 is 1.33 bits per heavy atom. The summed E-state index contributed by atoms with van der Waals surface area (Å²) in [7, 11) is -6.25. The van der Waals surface area contributed by atoms with E-state index in [-0.39, 0.29) is 10.6 Å². The number of carbonyl (C=O) groups excluding carboxylic acids is 1. The molecule has 15 heteroatoms. The maximum atomic E-state index is 14.3. The quantitative estimate of drug-likeness (QED) is 0.362. The van der Waals surface area contributed by atoms with Gasteiger partial charge in [-0.2, -0.15) is 21.6 Å². The summed E-state index contributed by atoms with van der Waals surface area (Å²) in [5.74, 6) is -4.16. The Morgan fingerprint density at radius 3 is 2.50 bits per heavy atom. The van der Waals surface area contributed by atoms with Crippen molar-refractivity contribution in [3.63, 3.8) is 0 Å². The zero-order valence-corrected chi connectivity index (χ0v) is 17.2. The van der Waals surface area contributed by atoms with E-state index in [4.69, 9.17) is 33.7 Å². The van der Waals surface area contributed by atoms with Crippen LogP contribution in [-0.4, -0.2) is 41.4 Å². The summed E-state index contributed by atoms with van der Waals surface area (Å²) in [4.78, 5) is 15.9. The van der Waals surface area contributed by atoms with E-state index in [1.165, 1.54) is 18.3 Å². The maximum absolute atomic E-state index is 14.3. The lowest BCUT2D eigenvalue weighted by atomic mass is 10.2. The number of nitrogens with two attached hydrogens (primary N) is 1. The minimum Gasteiger partial charge on any atom is -0.473 e. The topological polar surface area (TPSA) is 115 Å². The van der Waals surface area contributed by atoms with Crippen molar-refractivity contribution in [2.24, 2.45) is 5.73 Å². The van der Waals surface area contributed by atoms with Gasteiger partial charge in [-0.25, -0.2) is 18.7 Å². The Balaban J connectivity index is 2.54.